The van der Waals surface area contributed by atoms with Gasteiger partial charge in [-0.1, -0.05) is 0 Å². The number of alkyl halides is 12. The summed E-state index contributed by atoms with van der Waals surface area (Å²) in [5.74, 6) is 0. The second-order valence-corrected chi connectivity index (χ2v) is 46.1. The van der Waals surface area contributed by atoms with Crippen molar-refractivity contribution in [3.8, 4) is 55.6 Å². The van der Waals surface area contributed by atoms with Gasteiger partial charge in [0.15, 0.2) is 0 Å². The number of fused-ring (bicyclic) bond motifs is 5. The van der Waals surface area contributed by atoms with E-state index in [1.807, 2.05) is 102 Å². The SMILES string of the molecule is CC(C)(C)C1=Cc2c(ccc(-c3ccccc3)c2-c2cc(C(F)(F)F)cc(C(F)(F)F)c2)[CH]1[Zr]([Cl])([Cl])([c]1cccc2c1[SiH2]c1ccccc1-2)[CH]1C(C(C)(C)C)=Cc2c1ccc(-c1ccccc1)c2-c1cc(C(F)(F)F)cc(C(F)(F)F)c1. The maximum atomic E-state index is 15.0. The van der Waals surface area contributed by atoms with E-state index in [1.165, 1.54) is 0 Å². The van der Waals surface area contributed by atoms with Crippen molar-refractivity contribution in [2.24, 2.45) is 10.8 Å². The Kier molecular flexibility index (Phi) is 13.8. The van der Waals surface area contributed by atoms with Gasteiger partial charge in [-0.25, -0.2) is 0 Å². The molecule has 82 heavy (non-hydrogen) atoms. The average Bonchev–Trinajstić information content (AvgIpc) is 1.44. The van der Waals surface area contributed by atoms with Gasteiger partial charge in [0.05, 0.1) is 0 Å². The van der Waals surface area contributed by atoms with Crippen LogP contribution in [0.1, 0.15) is 93.3 Å². The molecule has 0 fully saturated rings. The summed E-state index contributed by atoms with van der Waals surface area (Å²) in [6.07, 6.45) is -17.1. The Morgan fingerprint density at radius 3 is 1.12 bits per heavy atom. The molecule has 0 radical (unpaired) electrons. The maximum absolute atomic E-state index is 15.0. The fraction of sp³-hybridized carbons (Fsp3) is 0.212. The predicted molar refractivity (Wildman–Crippen MR) is 306 cm³/mol. The molecule has 0 amide bonds. The molecular formula is C66H51Cl2F12SiZr. The summed E-state index contributed by atoms with van der Waals surface area (Å²) in [6.45, 7) is 11.6. The van der Waals surface area contributed by atoms with E-state index in [0.29, 0.717) is 58.9 Å². The first kappa shape index (κ1) is 57.9. The van der Waals surface area contributed by atoms with Gasteiger partial charge in [-0.05, 0) is 0 Å². The second kappa shape index (κ2) is 19.6. The molecule has 421 valence electrons. The first-order valence-electron chi connectivity index (χ1n) is 26.4. The van der Waals surface area contributed by atoms with E-state index in [-0.39, 0.29) is 34.4 Å². The Morgan fingerprint density at radius 2 is 0.744 bits per heavy atom. The topological polar surface area (TPSA) is 0 Å². The number of hydrogen-bond donors (Lipinski definition) is 0. The number of halogens is 14. The van der Waals surface area contributed by atoms with E-state index in [0.717, 1.165) is 45.8 Å². The van der Waals surface area contributed by atoms with Gasteiger partial charge in [-0.2, -0.15) is 0 Å². The molecule has 2 aliphatic carbocycles. The third kappa shape index (κ3) is 9.78. The third-order valence-electron chi connectivity index (χ3n) is 16.5. The van der Waals surface area contributed by atoms with E-state index < -0.39 is 91.0 Å². The molecule has 16 heteroatoms. The Bertz CT molecular complexity index is 3700. The molecule has 0 saturated carbocycles. The molecule has 0 nitrogen and oxygen atoms in total. The van der Waals surface area contributed by atoms with Crippen molar-refractivity contribution in [1.82, 2.24) is 0 Å². The van der Waals surface area contributed by atoms with Crippen molar-refractivity contribution < 1.29 is 69.1 Å². The molecule has 8 aromatic carbocycles. The minimum absolute atomic E-state index is 0.0772. The zero-order valence-corrected chi connectivity index (χ0v) is 50.3. The molecule has 0 saturated heterocycles. The zero-order chi connectivity index (χ0) is 59.1. The van der Waals surface area contributed by atoms with Crippen LogP contribution in [0.2, 0.25) is 0 Å². The molecule has 0 bridgehead atoms. The van der Waals surface area contributed by atoms with Crippen LogP contribution in [-0.2, 0) is 41.1 Å². The summed E-state index contributed by atoms with van der Waals surface area (Å²) in [5.41, 5.74) is -2.06. The van der Waals surface area contributed by atoms with Crippen LogP contribution >= 0.6 is 17.0 Å². The van der Waals surface area contributed by atoms with Gasteiger partial charge < -0.3 is 0 Å². The molecule has 2 atom stereocenters. The van der Waals surface area contributed by atoms with Gasteiger partial charge in [0.2, 0.25) is 0 Å². The molecule has 0 N–H and O–H groups in total. The van der Waals surface area contributed by atoms with Crippen molar-refractivity contribution in [3.63, 3.8) is 0 Å². The summed E-state index contributed by atoms with van der Waals surface area (Å²) in [6, 6.07) is 41.0. The van der Waals surface area contributed by atoms with Crippen LogP contribution in [0.15, 0.2) is 175 Å². The standard InChI is InChI=1S/2C27H21F6.C12H9Si.2ClH.Zr/c2*1-25(2,3)19-11-17-9-10-22(16-7-5-4-6-8-16)24(23(17)15-19)18-12-20(26(28,29)30)14-21(13-18)27(31,32)33;1-3-7-11-9(5-1)10-6-2-4-8-12(10)13-11;;;/h2*4-15H,1-3H3;1-7H,13H2;2*1H;/q;;;;;+2/p-2. The molecule has 2 unspecified atom stereocenters. The molecule has 0 aromatic heterocycles. The summed E-state index contributed by atoms with van der Waals surface area (Å²) in [5, 5.41) is 2.04. The molecule has 1 aliphatic heterocycles. The first-order chi connectivity index (χ1) is 38.1. The van der Waals surface area contributed by atoms with Crippen LogP contribution in [0.3, 0.4) is 0 Å². The van der Waals surface area contributed by atoms with Gasteiger partial charge in [0.1, 0.15) is 0 Å². The average molecular weight is 1260 g/mol. The second-order valence-electron chi connectivity index (χ2n) is 23.7. The van der Waals surface area contributed by atoms with Crippen molar-refractivity contribution in [3.05, 3.63) is 219 Å². The molecule has 11 rings (SSSR count). The van der Waals surface area contributed by atoms with Crippen molar-refractivity contribution in [2.45, 2.75) is 73.5 Å². The zero-order valence-electron chi connectivity index (χ0n) is 44.9. The predicted octanol–water partition coefficient (Wildman–Crippen LogP) is 19.5. The monoisotopic (exact) mass is 1260 g/mol. The van der Waals surface area contributed by atoms with Crippen LogP contribution in [-0.4, -0.2) is 9.52 Å². The fourth-order valence-electron chi connectivity index (χ4n) is 13.0. The summed E-state index contributed by atoms with van der Waals surface area (Å²) in [4.78, 5) is 0. The van der Waals surface area contributed by atoms with Gasteiger partial charge in [0.25, 0.3) is 0 Å². The normalized spacial score (nSPS) is 17.2. The number of hydrogen-bond acceptors (Lipinski definition) is 0. The van der Waals surface area contributed by atoms with E-state index in [9.17, 15) is 69.7 Å². The van der Waals surface area contributed by atoms with E-state index >= 15 is 0 Å². The summed E-state index contributed by atoms with van der Waals surface area (Å²) >= 11 is -6.89. The number of allylic oxidation sites excluding steroid dienone is 2. The molecule has 0 spiro atoms. The third-order valence-corrected chi connectivity index (χ3v) is 39.0. The van der Waals surface area contributed by atoms with Crippen molar-refractivity contribution in [2.75, 3.05) is 0 Å². The van der Waals surface area contributed by atoms with E-state index in [2.05, 4.69) is 6.07 Å². The van der Waals surface area contributed by atoms with Gasteiger partial charge in [-0.15, -0.1) is 0 Å². The summed E-state index contributed by atoms with van der Waals surface area (Å²) in [7, 11) is 17.3. The summed E-state index contributed by atoms with van der Waals surface area (Å²) < 4.78 is 178. The minimum atomic E-state index is -6.89. The fourth-order valence-corrected chi connectivity index (χ4v) is 41.3. The van der Waals surface area contributed by atoms with Crippen LogP contribution in [0.25, 0.3) is 67.8 Å². The van der Waals surface area contributed by atoms with Crippen LogP contribution < -0.4 is 13.6 Å². The van der Waals surface area contributed by atoms with E-state index in [1.54, 1.807) is 72.8 Å². The molecular weight excluding hydrogens is 1210 g/mol. The quantitative estimate of drug-likeness (QED) is 0.110. The number of benzene rings is 8. The van der Waals surface area contributed by atoms with Gasteiger partial charge in [-0.3, -0.25) is 0 Å². The Labute approximate surface area is 477 Å². The number of rotatable bonds is 7. The molecule has 1 heterocycles. The van der Waals surface area contributed by atoms with Gasteiger partial charge >= 0.3 is 481 Å². The Balaban J connectivity index is 1.31. The molecule has 8 aromatic rings. The molecule has 3 aliphatic rings. The van der Waals surface area contributed by atoms with E-state index in [4.69, 9.17) is 0 Å². The Hall–Kier alpha value is -5.92. The Morgan fingerprint density at radius 1 is 0.378 bits per heavy atom. The first-order valence-corrected chi connectivity index (χ1v) is 38.2. The van der Waals surface area contributed by atoms with Crippen LogP contribution in [0.5, 0.6) is 0 Å². The van der Waals surface area contributed by atoms with Gasteiger partial charge in [0, 0.05) is 0 Å². The van der Waals surface area contributed by atoms with Crippen LogP contribution in [0, 0.1) is 10.8 Å². The van der Waals surface area contributed by atoms with Crippen LogP contribution in [0.4, 0.5) is 52.7 Å². The van der Waals surface area contributed by atoms with Crippen molar-refractivity contribution in [1.29, 1.82) is 0 Å². The van der Waals surface area contributed by atoms with Crippen molar-refractivity contribution >= 4 is 52.3 Å².